The third kappa shape index (κ3) is 5.03. The van der Waals surface area contributed by atoms with Gasteiger partial charge in [0.25, 0.3) is 0 Å². The second-order valence-electron chi connectivity index (χ2n) is 9.16. The summed E-state index contributed by atoms with van der Waals surface area (Å²) in [6, 6.07) is 0. The maximum Gasteiger partial charge on any atom is 0.460 e. The Kier molecular flexibility index (Phi) is 10.0. The first-order valence-electron chi connectivity index (χ1n) is 10.7. The number of phenols is 1. The van der Waals surface area contributed by atoms with E-state index in [2.05, 4.69) is 0 Å². The van der Waals surface area contributed by atoms with E-state index < -0.39 is 112 Å². The minimum Gasteiger partial charge on any atom is -0.503 e. The van der Waals surface area contributed by atoms with Gasteiger partial charge >= 0.3 is 77.3 Å². The molecule has 0 amide bonds. The van der Waals surface area contributed by atoms with Gasteiger partial charge in [0, 0.05) is 0 Å². The van der Waals surface area contributed by atoms with E-state index in [1.807, 2.05) is 0 Å². The minimum atomic E-state index is -9.91. The number of carbonyl (C=O) groups is 1. The second kappa shape index (κ2) is 11.3. The molecule has 0 spiro atoms. The van der Waals surface area contributed by atoms with Gasteiger partial charge in [0.2, 0.25) is 5.82 Å². The van der Waals surface area contributed by atoms with Gasteiger partial charge in [-0.1, -0.05) is 0 Å². The summed E-state index contributed by atoms with van der Waals surface area (Å²) in [5.74, 6) is -122. The van der Waals surface area contributed by atoms with Crippen LogP contribution >= 0.6 is 0 Å². The van der Waals surface area contributed by atoms with E-state index in [4.69, 9.17) is 10.2 Å². The number of halogens is 28. The molecular weight excluding hydrogens is 808 g/mol. The van der Waals surface area contributed by atoms with Gasteiger partial charge in [0.15, 0.2) is 17.4 Å². The standard InChI is InChI=1S/C19H2F28O3/c20-3-1(7(49)50)2(4(21)6(48)5(3)22)8(23,24)9(25,26)10(27,28)11(29,30)12(31,32)13(33,34)14(35,36)15(37,38)16(39,40)17(41,42)18(43,44)19(45,46)47/h48H,(H,49,50). The van der Waals surface area contributed by atoms with E-state index in [0.717, 1.165) is 0 Å². The molecule has 31 heteroatoms. The third-order valence-corrected chi connectivity index (χ3v) is 6.12. The van der Waals surface area contributed by atoms with Crippen molar-refractivity contribution in [1.82, 2.24) is 0 Å². The normalized spacial score (nSPS) is 15.8. The lowest BCUT2D eigenvalue weighted by Gasteiger charge is -2.45. The molecule has 2 N–H and O–H groups in total. The topological polar surface area (TPSA) is 57.5 Å². The smallest absolute Gasteiger partial charge is 0.460 e. The van der Waals surface area contributed by atoms with E-state index in [-0.39, 0.29) is 0 Å². The predicted octanol–water partition coefficient (Wildman–Crippen LogP) is 9.51. The van der Waals surface area contributed by atoms with Gasteiger partial charge in [-0.05, 0) is 0 Å². The Morgan fingerprint density at radius 3 is 0.860 bits per heavy atom. The summed E-state index contributed by atoms with van der Waals surface area (Å²) in [4.78, 5) is 10.9. The van der Waals surface area contributed by atoms with E-state index in [0.29, 0.717) is 0 Å². The Hall–Kier alpha value is -3.47. The van der Waals surface area contributed by atoms with Gasteiger partial charge in [-0.3, -0.25) is 0 Å². The van der Waals surface area contributed by atoms with Gasteiger partial charge in [0.1, 0.15) is 5.56 Å². The molecule has 0 fully saturated rings. The fraction of sp³-hybridized carbons (Fsp3) is 0.632. The van der Waals surface area contributed by atoms with Crippen molar-refractivity contribution in [2.45, 2.75) is 71.3 Å². The fourth-order valence-electron chi connectivity index (χ4n) is 3.25. The lowest BCUT2D eigenvalue weighted by molar-refractivity contribution is -0.482. The molecule has 1 aromatic carbocycles. The summed E-state index contributed by atoms with van der Waals surface area (Å²) >= 11 is 0. The quantitative estimate of drug-likeness (QED) is 0.164. The second-order valence-corrected chi connectivity index (χ2v) is 9.16. The van der Waals surface area contributed by atoms with Gasteiger partial charge in [-0.2, -0.15) is 114 Å². The number of carboxylic acids is 1. The van der Waals surface area contributed by atoms with Crippen LogP contribution in [0.2, 0.25) is 0 Å². The number of carboxylic acid groups (broad SMARTS) is 1. The molecule has 0 saturated heterocycles. The van der Waals surface area contributed by atoms with Crippen LogP contribution in [0.3, 0.4) is 0 Å². The van der Waals surface area contributed by atoms with Crippen LogP contribution in [0, 0.1) is 17.5 Å². The highest BCUT2D eigenvalue weighted by Gasteiger charge is 2.99. The average molecular weight is 810 g/mol. The molecule has 1 rings (SSSR count). The SMILES string of the molecule is O=C(O)c1c(F)c(F)c(O)c(F)c1C(F)(F)C(F)(F)C(F)(F)C(F)(F)C(F)(F)C(F)(F)C(F)(F)C(F)(F)C(F)(F)C(F)(F)C(F)(F)C(F)(F)F. The molecule has 0 aromatic heterocycles. The molecule has 0 unspecified atom stereocenters. The average Bonchev–Trinajstić information content (AvgIpc) is 2.91. The van der Waals surface area contributed by atoms with Crippen molar-refractivity contribution in [2.75, 3.05) is 0 Å². The van der Waals surface area contributed by atoms with Gasteiger partial charge < -0.3 is 10.2 Å². The molecule has 0 aliphatic carbocycles. The lowest BCUT2D eigenvalue weighted by atomic mass is 9.83. The first-order valence-corrected chi connectivity index (χ1v) is 10.7. The highest BCUT2D eigenvalue weighted by molar-refractivity contribution is 5.90. The molecule has 0 aliphatic heterocycles. The Morgan fingerprint density at radius 2 is 0.620 bits per heavy atom. The number of aromatic hydroxyl groups is 1. The molecule has 1 aromatic rings. The number of hydrogen-bond donors (Lipinski definition) is 2. The van der Waals surface area contributed by atoms with Crippen LogP contribution in [-0.2, 0) is 5.92 Å². The van der Waals surface area contributed by atoms with E-state index in [9.17, 15) is 128 Å². The Morgan fingerprint density at radius 1 is 0.380 bits per heavy atom. The number of rotatable bonds is 12. The summed E-state index contributed by atoms with van der Waals surface area (Å²) in [6.07, 6.45) is -8.30. The zero-order valence-corrected chi connectivity index (χ0v) is 21.4. The number of benzene rings is 1. The summed E-state index contributed by atoms with van der Waals surface area (Å²) in [6.45, 7) is 0. The summed E-state index contributed by atoms with van der Waals surface area (Å²) < 4.78 is 380. The number of phenolic OH excluding ortho intramolecular Hbond substituents is 1. The van der Waals surface area contributed by atoms with Crippen LogP contribution < -0.4 is 0 Å². The first kappa shape index (κ1) is 44.6. The number of aromatic carboxylic acids is 1. The maximum atomic E-state index is 14.4. The van der Waals surface area contributed by atoms with Crippen molar-refractivity contribution < 1.29 is 138 Å². The van der Waals surface area contributed by atoms with Crippen molar-refractivity contribution in [2.24, 2.45) is 0 Å². The Bertz CT molecular complexity index is 1500. The van der Waals surface area contributed by atoms with E-state index >= 15 is 0 Å². The first-order chi connectivity index (χ1) is 21.3. The molecule has 0 atom stereocenters. The number of alkyl halides is 25. The van der Waals surface area contributed by atoms with Crippen molar-refractivity contribution in [1.29, 1.82) is 0 Å². The third-order valence-electron chi connectivity index (χ3n) is 6.12. The molecule has 3 nitrogen and oxygen atoms in total. The molecule has 0 radical (unpaired) electrons. The number of hydrogen-bond acceptors (Lipinski definition) is 2. The largest absolute Gasteiger partial charge is 0.503 e. The maximum absolute atomic E-state index is 14.4. The van der Waals surface area contributed by atoms with Crippen LogP contribution in [0.4, 0.5) is 123 Å². The van der Waals surface area contributed by atoms with Crippen LogP contribution in [0.25, 0.3) is 0 Å². The zero-order chi connectivity index (χ0) is 41.0. The van der Waals surface area contributed by atoms with Crippen LogP contribution in [0.5, 0.6) is 5.75 Å². The molecule has 0 saturated carbocycles. The zero-order valence-electron chi connectivity index (χ0n) is 21.4. The molecule has 0 heterocycles. The fourth-order valence-corrected chi connectivity index (χ4v) is 3.25. The highest BCUT2D eigenvalue weighted by Crippen LogP contribution is 2.68. The van der Waals surface area contributed by atoms with Crippen LogP contribution in [0.15, 0.2) is 0 Å². The van der Waals surface area contributed by atoms with E-state index in [1.54, 1.807) is 0 Å². The minimum absolute atomic E-state index is 3.41. The van der Waals surface area contributed by atoms with Gasteiger partial charge in [-0.15, -0.1) is 0 Å². The van der Waals surface area contributed by atoms with E-state index in [1.165, 1.54) is 0 Å². The molecule has 292 valence electrons. The van der Waals surface area contributed by atoms with Crippen molar-refractivity contribution in [3.05, 3.63) is 28.6 Å². The Balaban J connectivity index is 4.15. The van der Waals surface area contributed by atoms with Gasteiger partial charge in [-0.25, -0.2) is 13.6 Å². The molecular formula is C19H2F28O3. The van der Waals surface area contributed by atoms with Crippen molar-refractivity contribution in [3.63, 3.8) is 0 Å². The lowest BCUT2D eigenvalue weighted by Crippen LogP contribution is -2.78. The molecule has 0 aliphatic rings. The molecule has 0 bridgehead atoms. The monoisotopic (exact) mass is 810 g/mol. The summed E-state index contributed by atoms with van der Waals surface area (Å²) in [5, 5.41) is 17.3. The van der Waals surface area contributed by atoms with Gasteiger partial charge in [0.05, 0.1) is 5.56 Å². The van der Waals surface area contributed by atoms with Crippen molar-refractivity contribution >= 4 is 5.97 Å². The summed E-state index contributed by atoms with van der Waals surface area (Å²) in [5.41, 5.74) is -8.23. The Labute approximate surface area is 251 Å². The van der Waals surface area contributed by atoms with Crippen LogP contribution in [-0.4, -0.2) is 81.6 Å². The highest BCUT2D eigenvalue weighted by atomic mass is 19.4. The molecule has 50 heavy (non-hydrogen) atoms. The summed E-state index contributed by atoms with van der Waals surface area (Å²) in [7, 11) is 0. The predicted molar refractivity (Wildman–Crippen MR) is 94.4 cm³/mol. The van der Waals surface area contributed by atoms with Crippen molar-refractivity contribution in [3.8, 4) is 5.75 Å². The van der Waals surface area contributed by atoms with Crippen LogP contribution in [0.1, 0.15) is 15.9 Å².